The first-order valence-electron chi connectivity index (χ1n) is 9.37. The fourth-order valence-corrected chi connectivity index (χ4v) is 5.92. The van der Waals surface area contributed by atoms with Gasteiger partial charge in [-0.2, -0.15) is 9.29 Å². The molecule has 6 nitrogen and oxygen atoms in total. The van der Waals surface area contributed by atoms with Crippen LogP contribution in [0.2, 0.25) is 0 Å². The molecule has 0 spiro atoms. The molecule has 1 saturated carbocycles. The van der Waals surface area contributed by atoms with Gasteiger partial charge in [0.2, 0.25) is 15.9 Å². The molecule has 1 atom stereocenters. The SMILES string of the molecule is Cc1nc(C2(CC3CC3)CCCN(S(=O)(=O)c3cc(F)ccc3C)C2)no1. The zero-order valence-electron chi connectivity index (χ0n) is 15.6. The van der Waals surface area contributed by atoms with Crippen molar-refractivity contribution in [1.82, 2.24) is 14.4 Å². The predicted octanol–water partition coefficient (Wildman–Crippen LogP) is 3.35. The number of sulfonamides is 1. The molecule has 2 fully saturated rings. The molecule has 27 heavy (non-hydrogen) atoms. The molecule has 2 aromatic rings. The van der Waals surface area contributed by atoms with Gasteiger partial charge < -0.3 is 4.52 Å². The van der Waals surface area contributed by atoms with Gasteiger partial charge in [-0.1, -0.05) is 24.1 Å². The third-order valence-electron chi connectivity index (χ3n) is 5.69. The summed E-state index contributed by atoms with van der Waals surface area (Å²) in [5, 5.41) is 4.15. The molecule has 2 heterocycles. The number of halogens is 1. The normalized spacial score (nSPS) is 24.3. The summed E-state index contributed by atoms with van der Waals surface area (Å²) in [6, 6.07) is 3.90. The first kappa shape index (κ1) is 18.6. The molecule has 1 unspecified atom stereocenters. The summed E-state index contributed by atoms with van der Waals surface area (Å²) in [5.74, 6) is 1.13. The zero-order valence-corrected chi connectivity index (χ0v) is 16.4. The molecule has 0 N–H and O–H groups in total. The molecule has 146 valence electrons. The fraction of sp³-hybridized carbons (Fsp3) is 0.579. The van der Waals surface area contributed by atoms with Crippen LogP contribution in [0.1, 0.15) is 49.4 Å². The lowest BCUT2D eigenvalue weighted by atomic mass is 9.75. The van der Waals surface area contributed by atoms with Crippen molar-refractivity contribution in [1.29, 1.82) is 0 Å². The second-order valence-electron chi connectivity index (χ2n) is 7.92. The van der Waals surface area contributed by atoms with Crippen LogP contribution in [-0.2, 0) is 15.4 Å². The van der Waals surface area contributed by atoms with Crippen molar-refractivity contribution in [2.75, 3.05) is 13.1 Å². The van der Waals surface area contributed by atoms with Crippen molar-refractivity contribution in [2.45, 2.75) is 56.3 Å². The molecule has 1 saturated heterocycles. The second-order valence-corrected chi connectivity index (χ2v) is 9.82. The van der Waals surface area contributed by atoms with E-state index in [0.29, 0.717) is 42.7 Å². The molecule has 4 rings (SSSR count). The first-order chi connectivity index (χ1) is 12.8. The largest absolute Gasteiger partial charge is 0.340 e. The van der Waals surface area contributed by atoms with Crippen molar-refractivity contribution in [3.63, 3.8) is 0 Å². The quantitative estimate of drug-likeness (QED) is 0.779. The van der Waals surface area contributed by atoms with Crippen LogP contribution >= 0.6 is 0 Å². The number of aryl methyl sites for hydroxylation is 2. The molecular formula is C19H24FN3O3S. The number of hydrogen-bond acceptors (Lipinski definition) is 5. The van der Waals surface area contributed by atoms with Crippen LogP contribution in [0.15, 0.2) is 27.6 Å². The first-order valence-corrected chi connectivity index (χ1v) is 10.8. The lowest BCUT2D eigenvalue weighted by Crippen LogP contribution is -2.49. The lowest BCUT2D eigenvalue weighted by molar-refractivity contribution is 0.190. The average molecular weight is 393 g/mol. The fourth-order valence-electron chi connectivity index (χ4n) is 4.12. The number of aromatic nitrogens is 2. The van der Waals surface area contributed by atoms with E-state index in [0.717, 1.165) is 31.7 Å². The van der Waals surface area contributed by atoms with E-state index in [2.05, 4.69) is 10.1 Å². The Balaban J connectivity index is 1.70. The highest BCUT2D eigenvalue weighted by atomic mass is 32.2. The zero-order chi connectivity index (χ0) is 19.2. The van der Waals surface area contributed by atoms with Gasteiger partial charge in [-0.15, -0.1) is 0 Å². The Hall–Kier alpha value is -1.80. The maximum absolute atomic E-state index is 13.7. The molecule has 1 aromatic heterocycles. The summed E-state index contributed by atoms with van der Waals surface area (Å²) in [6.45, 7) is 4.16. The number of nitrogens with zero attached hydrogens (tertiary/aromatic N) is 3. The van der Waals surface area contributed by atoms with Gasteiger partial charge in [-0.05, 0) is 49.8 Å². The Morgan fingerprint density at radius 3 is 2.78 bits per heavy atom. The maximum atomic E-state index is 13.7. The van der Waals surface area contributed by atoms with E-state index in [1.807, 2.05) is 0 Å². The summed E-state index contributed by atoms with van der Waals surface area (Å²) in [4.78, 5) is 4.49. The summed E-state index contributed by atoms with van der Waals surface area (Å²) in [7, 11) is -3.80. The van der Waals surface area contributed by atoms with Gasteiger partial charge in [0.25, 0.3) is 0 Å². The van der Waals surface area contributed by atoms with Crippen LogP contribution in [0.5, 0.6) is 0 Å². The second kappa shape index (κ2) is 6.67. The Bertz CT molecular complexity index is 955. The minimum absolute atomic E-state index is 0.0361. The van der Waals surface area contributed by atoms with Crippen LogP contribution in [-0.4, -0.2) is 36.0 Å². The van der Waals surface area contributed by atoms with E-state index in [4.69, 9.17) is 4.52 Å². The van der Waals surface area contributed by atoms with Crippen molar-refractivity contribution < 1.29 is 17.3 Å². The number of hydrogen-bond donors (Lipinski definition) is 0. The highest BCUT2D eigenvalue weighted by Gasteiger charge is 2.47. The third-order valence-corrected chi connectivity index (χ3v) is 7.68. The Kier molecular flexibility index (Phi) is 4.58. The van der Waals surface area contributed by atoms with Crippen LogP contribution in [0.25, 0.3) is 0 Å². The summed E-state index contributed by atoms with van der Waals surface area (Å²) >= 11 is 0. The van der Waals surface area contributed by atoms with Gasteiger partial charge >= 0.3 is 0 Å². The van der Waals surface area contributed by atoms with E-state index in [1.165, 1.54) is 16.4 Å². The molecule has 1 aromatic carbocycles. The minimum atomic E-state index is -3.80. The number of piperidine rings is 1. The van der Waals surface area contributed by atoms with Crippen molar-refractivity contribution in [3.8, 4) is 0 Å². The molecule has 0 amide bonds. The van der Waals surface area contributed by atoms with E-state index >= 15 is 0 Å². The third kappa shape index (κ3) is 3.52. The Morgan fingerprint density at radius 2 is 2.11 bits per heavy atom. The molecular weight excluding hydrogens is 369 g/mol. The molecule has 2 aliphatic rings. The maximum Gasteiger partial charge on any atom is 0.243 e. The van der Waals surface area contributed by atoms with Crippen LogP contribution < -0.4 is 0 Å². The van der Waals surface area contributed by atoms with Crippen LogP contribution in [0, 0.1) is 25.6 Å². The highest BCUT2D eigenvalue weighted by molar-refractivity contribution is 7.89. The van der Waals surface area contributed by atoms with Gasteiger partial charge in [0, 0.05) is 25.4 Å². The minimum Gasteiger partial charge on any atom is -0.340 e. The van der Waals surface area contributed by atoms with Crippen LogP contribution in [0.3, 0.4) is 0 Å². The molecule has 1 aliphatic carbocycles. The van der Waals surface area contributed by atoms with E-state index < -0.39 is 21.3 Å². The number of rotatable bonds is 5. The van der Waals surface area contributed by atoms with Crippen molar-refractivity contribution >= 4 is 10.0 Å². The lowest BCUT2D eigenvalue weighted by Gasteiger charge is -2.40. The van der Waals surface area contributed by atoms with Crippen molar-refractivity contribution in [2.24, 2.45) is 5.92 Å². The Morgan fingerprint density at radius 1 is 1.33 bits per heavy atom. The van der Waals surface area contributed by atoms with Crippen molar-refractivity contribution in [3.05, 3.63) is 41.3 Å². The van der Waals surface area contributed by atoms with E-state index in [-0.39, 0.29) is 4.90 Å². The van der Waals surface area contributed by atoms with E-state index in [1.54, 1.807) is 13.8 Å². The topological polar surface area (TPSA) is 76.3 Å². The smallest absolute Gasteiger partial charge is 0.243 e. The molecule has 8 heteroatoms. The average Bonchev–Trinajstić information content (AvgIpc) is 3.33. The summed E-state index contributed by atoms with van der Waals surface area (Å²) < 4.78 is 47.0. The Labute approximate surface area is 158 Å². The van der Waals surface area contributed by atoms with Gasteiger partial charge in [-0.3, -0.25) is 0 Å². The monoisotopic (exact) mass is 393 g/mol. The van der Waals surface area contributed by atoms with Crippen LogP contribution in [0.4, 0.5) is 4.39 Å². The summed E-state index contributed by atoms with van der Waals surface area (Å²) in [5.41, 5.74) is 0.107. The number of benzene rings is 1. The highest BCUT2D eigenvalue weighted by Crippen LogP contribution is 2.46. The molecule has 0 bridgehead atoms. The molecule has 0 radical (unpaired) electrons. The van der Waals surface area contributed by atoms with Gasteiger partial charge in [0.1, 0.15) is 5.82 Å². The van der Waals surface area contributed by atoms with Gasteiger partial charge in [0.15, 0.2) is 5.82 Å². The van der Waals surface area contributed by atoms with E-state index in [9.17, 15) is 12.8 Å². The molecule has 1 aliphatic heterocycles. The predicted molar refractivity (Wildman–Crippen MR) is 97.2 cm³/mol. The van der Waals surface area contributed by atoms with Gasteiger partial charge in [0.05, 0.1) is 4.90 Å². The standard InChI is InChI=1S/C19H24FN3O3S/c1-13-4-7-16(20)10-17(13)27(24,25)23-9-3-8-19(12-23,11-15-5-6-15)18-21-14(2)26-22-18/h4,7,10,15H,3,5-6,8-9,11-12H2,1-2H3. The summed E-state index contributed by atoms with van der Waals surface area (Å²) in [6.07, 6.45) is 4.73. The van der Waals surface area contributed by atoms with Gasteiger partial charge in [-0.25, -0.2) is 12.8 Å².